The second-order valence-electron chi connectivity index (χ2n) is 10.0. The van der Waals surface area contributed by atoms with Crippen LogP contribution in [0.5, 0.6) is 0 Å². The molecular formula is C30H34FN3O3S. The first-order chi connectivity index (χ1) is 18.5. The number of carbonyl (C=O) groups is 2. The highest BCUT2D eigenvalue weighted by Gasteiger charge is 2.32. The SMILES string of the molecule is C[C@@H]1CN(C(=O)CCN2CCc3sccc3[C@@H]2c2cccc(F)c2)CCN1C(=O)COCc1ccccc1. The van der Waals surface area contributed by atoms with E-state index in [1.54, 1.807) is 23.5 Å². The van der Waals surface area contributed by atoms with Gasteiger partial charge in [-0.15, -0.1) is 11.3 Å². The summed E-state index contributed by atoms with van der Waals surface area (Å²) in [6, 6.07) is 18.6. The van der Waals surface area contributed by atoms with E-state index in [4.69, 9.17) is 4.74 Å². The van der Waals surface area contributed by atoms with Gasteiger partial charge in [0.1, 0.15) is 12.4 Å². The van der Waals surface area contributed by atoms with Crippen molar-refractivity contribution in [1.82, 2.24) is 14.7 Å². The number of hydrogen-bond donors (Lipinski definition) is 0. The molecule has 0 bridgehead atoms. The van der Waals surface area contributed by atoms with E-state index in [1.165, 1.54) is 16.5 Å². The second-order valence-corrected chi connectivity index (χ2v) is 11.0. The summed E-state index contributed by atoms with van der Waals surface area (Å²) >= 11 is 1.75. The van der Waals surface area contributed by atoms with Crippen molar-refractivity contribution in [2.75, 3.05) is 39.3 Å². The maximum atomic E-state index is 14.1. The van der Waals surface area contributed by atoms with Gasteiger partial charge in [-0.25, -0.2) is 4.39 Å². The molecule has 3 aromatic rings. The Kier molecular flexibility index (Phi) is 8.51. The van der Waals surface area contributed by atoms with Gasteiger partial charge < -0.3 is 14.5 Å². The molecule has 2 aliphatic heterocycles. The highest BCUT2D eigenvalue weighted by atomic mass is 32.1. The normalized spacial score (nSPS) is 19.8. The molecule has 1 fully saturated rings. The Balaban J connectivity index is 1.13. The average Bonchev–Trinajstić information content (AvgIpc) is 3.41. The molecule has 2 aromatic carbocycles. The molecule has 200 valence electrons. The number of amides is 2. The number of fused-ring (bicyclic) bond motifs is 1. The van der Waals surface area contributed by atoms with Gasteiger partial charge in [0.05, 0.1) is 12.6 Å². The highest BCUT2D eigenvalue weighted by molar-refractivity contribution is 7.10. The van der Waals surface area contributed by atoms with Crippen LogP contribution in [-0.2, 0) is 27.4 Å². The van der Waals surface area contributed by atoms with Crippen LogP contribution in [-0.4, -0.2) is 71.9 Å². The number of rotatable bonds is 8. The minimum Gasteiger partial charge on any atom is -0.367 e. The van der Waals surface area contributed by atoms with E-state index in [0.717, 1.165) is 24.1 Å². The van der Waals surface area contributed by atoms with E-state index < -0.39 is 0 Å². The first-order valence-corrected chi connectivity index (χ1v) is 14.1. The van der Waals surface area contributed by atoms with Crippen molar-refractivity contribution in [3.63, 3.8) is 0 Å². The predicted octanol–water partition coefficient (Wildman–Crippen LogP) is 4.50. The number of piperazine rings is 1. The lowest BCUT2D eigenvalue weighted by Crippen LogP contribution is -2.56. The van der Waals surface area contributed by atoms with Crippen LogP contribution in [0.1, 0.15) is 41.0 Å². The summed E-state index contributed by atoms with van der Waals surface area (Å²) in [6.45, 7) is 5.42. The number of nitrogens with zero attached hydrogens (tertiary/aromatic N) is 3. The zero-order chi connectivity index (χ0) is 26.5. The van der Waals surface area contributed by atoms with E-state index >= 15 is 0 Å². The lowest BCUT2D eigenvalue weighted by atomic mass is 9.93. The van der Waals surface area contributed by atoms with E-state index in [1.807, 2.05) is 53.1 Å². The minimum atomic E-state index is -0.243. The van der Waals surface area contributed by atoms with Gasteiger partial charge in [0.25, 0.3) is 0 Å². The molecule has 0 unspecified atom stereocenters. The Morgan fingerprint density at radius 2 is 1.87 bits per heavy atom. The zero-order valence-electron chi connectivity index (χ0n) is 21.7. The van der Waals surface area contributed by atoms with Crippen molar-refractivity contribution in [3.8, 4) is 0 Å². The molecule has 8 heteroatoms. The molecule has 2 amide bonds. The van der Waals surface area contributed by atoms with E-state index in [2.05, 4.69) is 16.3 Å². The van der Waals surface area contributed by atoms with Crippen LogP contribution < -0.4 is 0 Å². The van der Waals surface area contributed by atoms with Crippen LogP contribution in [0.25, 0.3) is 0 Å². The van der Waals surface area contributed by atoms with Crippen LogP contribution in [0.3, 0.4) is 0 Å². The molecule has 0 N–H and O–H groups in total. The molecule has 5 rings (SSSR count). The molecule has 6 nitrogen and oxygen atoms in total. The van der Waals surface area contributed by atoms with Crippen LogP contribution in [0, 0.1) is 5.82 Å². The number of halogens is 1. The van der Waals surface area contributed by atoms with Crippen molar-refractivity contribution in [3.05, 3.63) is 93.4 Å². The maximum absolute atomic E-state index is 14.1. The fourth-order valence-electron chi connectivity index (χ4n) is 5.54. The Hall–Kier alpha value is -3.07. The largest absolute Gasteiger partial charge is 0.367 e. The van der Waals surface area contributed by atoms with Crippen LogP contribution in [0.2, 0.25) is 0 Å². The molecule has 38 heavy (non-hydrogen) atoms. The number of carbonyl (C=O) groups excluding carboxylic acids is 2. The van der Waals surface area contributed by atoms with Crippen LogP contribution in [0.15, 0.2) is 66.0 Å². The van der Waals surface area contributed by atoms with Gasteiger partial charge in [0, 0.05) is 50.1 Å². The lowest BCUT2D eigenvalue weighted by molar-refractivity contribution is -0.146. The Morgan fingerprint density at radius 1 is 1.03 bits per heavy atom. The Labute approximate surface area is 227 Å². The monoisotopic (exact) mass is 535 g/mol. The summed E-state index contributed by atoms with van der Waals surface area (Å²) in [5, 5.41) is 2.10. The molecule has 1 aromatic heterocycles. The molecule has 0 saturated carbocycles. The highest BCUT2D eigenvalue weighted by Crippen LogP contribution is 2.38. The summed E-state index contributed by atoms with van der Waals surface area (Å²) in [7, 11) is 0. The topological polar surface area (TPSA) is 53.1 Å². The molecule has 0 radical (unpaired) electrons. The zero-order valence-corrected chi connectivity index (χ0v) is 22.5. The van der Waals surface area contributed by atoms with Gasteiger partial charge in [-0.2, -0.15) is 0 Å². The van der Waals surface area contributed by atoms with Crippen LogP contribution >= 0.6 is 11.3 Å². The number of benzene rings is 2. The second kappa shape index (κ2) is 12.2. The van der Waals surface area contributed by atoms with Crippen LogP contribution in [0.4, 0.5) is 4.39 Å². The Bertz CT molecular complexity index is 1250. The summed E-state index contributed by atoms with van der Waals surface area (Å²) in [6.07, 6.45) is 1.34. The molecule has 0 aliphatic carbocycles. The van der Waals surface area contributed by atoms with Gasteiger partial charge in [-0.1, -0.05) is 42.5 Å². The fraction of sp³-hybridized carbons (Fsp3) is 0.400. The van der Waals surface area contributed by atoms with E-state index in [-0.39, 0.29) is 36.3 Å². The van der Waals surface area contributed by atoms with Gasteiger partial charge in [0.15, 0.2) is 0 Å². The molecule has 1 saturated heterocycles. The standard InChI is InChI=1S/C30H34FN3O3S/c1-22-19-33(15-16-34(22)29(36)21-37-20-23-6-3-2-4-7-23)28(35)11-14-32-13-10-27-26(12-17-38-27)30(32)24-8-5-9-25(31)18-24/h2-9,12,17-18,22,30H,10-11,13-16,19-21H2,1H3/t22-,30+/m1/s1. The third kappa shape index (κ3) is 6.14. The first-order valence-electron chi connectivity index (χ1n) is 13.2. The van der Waals surface area contributed by atoms with Crippen molar-refractivity contribution in [1.29, 1.82) is 0 Å². The minimum absolute atomic E-state index is 0.0359. The molecule has 2 atom stereocenters. The van der Waals surface area contributed by atoms with Crippen molar-refractivity contribution in [2.24, 2.45) is 0 Å². The summed E-state index contributed by atoms with van der Waals surface area (Å²) < 4.78 is 19.7. The van der Waals surface area contributed by atoms with Crippen molar-refractivity contribution in [2.45, 2.75) is 38.5 Å². The van der Waals surface area contributed by atoms with E-state index in [0.29, 0.717) is 39.2 Å². The van der Waals surface area contributed by atoms with Gasteiger partial charge >= 0.3 is 0 Å². The molecule has 0 spiro atoms. The van der Waals surface area contributed by atoms with Gasteiger partial charge in [-0.3, -0.25) is 14.5 Å². The third-order valence-corrected chi connectivity index (χ3v) is 8.48. The summed E-state index contributed by atoms with van der Waals surface area (Å²) in [4.78, 5) is 33.3. The van der Waals surface area contributed by atoms with Crippen molar-refractivity contribution < 1.29 is 18.7 Å². The first kappa shape index (κ1) is 26.5. The number of hydrogen-bond acceptors (Lipinski definition) is 5. The van der Waals surface area contributed by atoms with Gasteiger partial charge in [-0.05, 0) is 53.6 Å². The Morgan fingerprint density at radius 3 is 2.66 bits per heavy atom. The average molecular weight is 536 g/mol. The van der Waals surface area contributed by atoms with E-state index in [9.17, 15) is 14.0 Å². The third-order valence-electron chi connectivity index (χ3n) is 7.48. The quantitative estimate of drug-likeness (QED) is 0.426. The smallest absolute Gasteiger partial charge is 0.248 e. The molecule has 2 aliphatic rings. The van der Waals surface area contributed by atoms with Crippen molar-refractivity contribution >= 4 is 23.2 Å². The predicted molar refractivity (Wildman–Crippen MR) is 146 cm³/mol. The lowest BCUT2D eigenvalue weighted by Gasteiger charge is -2.40. The maximum Gasteiger partial charge on any atom is 0.248 e. The number of thiophene rings is 1. The number of ether oxygens (including phenoxy) is 1. The molecule has 3 heterocycles. The van der Waals surface area contributed by atoms with Gasteiger partial charge in [0.2, 0.25) is 11.8 Å². The fourth-order valence-corrected chi connectivity index (χ4v) is 6.45. The summed E-state index contributed by atoms with van der Waals surface area (Å²) in [5.74, 6) is -0.190. The molecular weight excluding hydrogens is 501 g/mol. The summed E-state index contributed by atoms with van der Waals surface area (Å²) in [5.41, 5.74) is 3.17.